The van der Waals surface area contributed by atoms with E-state index in [9.17, 15) is 8.42 Å². The minimum atomic E-state index is -3.35. The van der Waals surface area contributed by atoms with E-state index < -0.39 is 10.0 Å². The zero-order valence-electron chi connectivity index (χ0n) is 6.19. The predicted octanol–water partition coefficient (Wildman–Crippen LogP) is -1.44. The molecule has 5 nitrogen and oxygen atoms in total. The summed E-state index contributed by atoms with van der Waals surface area (Å²) in [5.74, 6) is -0.0592. The van der Waals surface area contributed by atoms with Gasteiger partial charge in [0, 0.05) is 13.1 Å². The first-order valence-electron chi connectivity index (χ1n) is 3.38. The fraction of sp³-hybridized carbons (Fsp3) is 1.00. The summed E-state index contributed by atoms with van der Waals surface area (Å²) in [6.45, 7) is 2.48. The lowest BCUT2D eigenvalue weighted by Crippen LogP contribution is -2.41. The van der Waals surface area contributed by atoms with Crippen LogP contribution in [0, 0.1) is 0 Å². The normalized spacial score (nSPS) is 21.9. The zero-order valence-corrected chi connectivity index (χ0v) is 7.01. The number of sulfonamides is 1. The molecule has 1 aliphatic rings. The second-order valence-corrected chi connectivity index (χ2v) is 4.11. The maximum absolute atomic E-state index is 10.6. The van der Waals surface area contributed by atoms with E-state index in [2.05, 4.69) is 0 Å². The van der Waals surface area contributed by atoms with Crippen molar-refractivity contribution in [2.45, 2.75) is 0 Å². The van der Waals surface area contributed by atoms with E-state index in [0.29, 0.717) is 26.3 Å². The minimum absolute atomic E-state index is 0.0592. The molecule has 2 N–H and O–H groups in total. The molecule has 1 fully saturated rings. The molecule has 0 aliphatic carbocycles. The van der Waals surface area contributed by atoms with Crippen molar-refractivity contribution in [3.8, 4) is 0 Å². The Bertz CT molecular complexity index is 208. The topological polar surface area (TPSA) is 72.6 Å². The summed E-state index contributed by atoms with van der Waals surface area (Å²) in [4.78, 5) is 1.76. The van der Waals surface area contributed by atoms with Gasteiger partial charge < -0.3 is 4.74 Å². The van der Waals surface area contributed by atoms with Crippen molar-refractivity contribution < 1.29 is 13.2 Å². The molecule has 0 amide bonds. The smallest absolute Gasteiger partial charge is 0.222 e. The van der Waals surface area contributed by atoms with E-state index in [-0.39, 0.29) is 5.88 Å². The lowest BCUT2D eigenvalue weighted by Gasteiger charge is -2.25. The van der Waals surface area contributed by atoms with E-state index >= 15 is 0 Å². The van der Waals surface area contributed by atoms with Crippen LogP contribution in [0.3, 0.4) is 0 Å². The van der Waals surface area contributed by atoms with Gasteiger partial charge in [-0.05, 0) is 0 Å². The van der Waals surface area contributed by atoms with Gasteiger partial charge in [0.15, 0.2) is 0 Å². The summed E-state index contributed by atoms with van der Waals surface area (Å²) >= 11 is 0. The largest absolute Gasteiger partial charge is 0.379 e. The van der Waals surface area contributed by atoms with E-state index in [1.54, 1.807) is 4.90 Å². The van der Waals surface area contributed by atoms with E-state index in [1.165, 1.54) is 0 Å². The Hall–Kier alpha value is -0.170. The highest BCUT2D eigenvalue weighted by Gasteiger charge is 2.14. The van der Waals surface area contributed by atoms with Crippen LogP contribution in [-0.2, 0) is 14.8 Å². The quantitative estimate of drug-likeness (QED) is 0.565. The van der Waals surface area contributed by atoms with Crippen molar-refractivity contribution in [2.75, 3.05) is 32.2 Å². The third kappa shape index (κ3) is 3.66. The molecule has 0 radical (unpaired) electrons. The maximum atomic E-state index is 10.6. The number of primary sulfonamides is 1. The summed E-state index contributed by atoms with van der Waals surface area (Å²) in [7, 11) is -3.35. The minimum Gasteiger partial charge on any atom is -0.379 e. The first-order chi connectivity index (χ1) is 5.08. The van der Waals surface area contributed by atoms with E-state index in [0.717, 1.165) is 0 Å². The second kappa shape index (κ2) is 3.48. The maximum Gasteiger partial charge on any atom is 0.222 e. The van der Waals surface area contributed by atoms with Crippen LogP contribution < -0.4 is 5.14 Å². The van der Waals surface area contributed by atoms with Gasteiger partial charge >= 0.3 is 0 Å². The Morgan fingerprint density at radius 3 is 2.36 bits per heavy atom. The first kappa shape index (κ1) is 8.92. The molecule has 0 spiro atoms. The Morgan fingerprint density at radius 1 is 1.36 bits per heavy atom. The molecule has 0 unspecified atom stereocenters. The highest BCUT2D eigenvalue weighted by atomic mass is 32.2. The highest BCUT2D eigenvalue weighted by molar-refractivity contribution is 7.89. The summed E-state index contributed by atoms with van der Waals surface area (Å²) in [5.41, 5.74) is 0. The Morgan fingerprint density at radius 2 is 1.91 bits per heavy atom. The van der Waals surface area contributed by atoms with Crippen LogP contribution in [0.1, 0.15) is 0 Å². The molecule has 1 saturated heterocycles. The molecule has 11 heavy (non-hydrogen) atoms. The molecule has 66 valence electrons. The Labute approximate surface area is 66.2 Å². The molecule has 1 heterocycles. The monoisotopic (exact) mass is 180 g/mol. The molecule has 0 saturated carbocycles. The number of rotatable bonds is 2. The second-order valence-electron chi connectivity index (χ2n) is 2.52. The highest BCUT2D eigenvalue weighted by Crippen LogP contribution is 1.97. The third-order valence-electron chi connectivity index (χ3n) is 1.47. The van der Waals surface area contributed by atoms with Gasteiger partial charge in [0.1, 0.15) is 5.88 Å². The molecule has 1 aliphatic heterocycles. The number of morpholine rings is 1. The number of nitrogens with two attached hydrogens (primary N) is 1. The zero-order chi connectivity index (χ0) is 8.32. The summed E-state index contributed by atoms with van der Waals surface area (Å²) in [6, 6.07) is 0. The summed E-state index contributed by atoms with van der Waals surface area (Å²) in [6.07, 6.45) is 0. The lowest BCUT2D eigenvalue weighted by atomic mass is 10.5. The van der Waals surface area contributed by atoms with Crippen LogP contribution in [0.15, 0.2) is 0 Å². The molecule has 0 aromatic rings. The average molecular weight is 180 g/mol. The molecule has 0 atom stereocenters. The van der Waals surface area contributed by atoms with Crippen LogP contribution in [0.4, 0.5) is 0 Å². The van der Waals surface area contributed by atoms with Crippen molar-refractivity contribution in [1.82, 2.24) is 4.90 Å². The van der Waals surface area contributed by atoms with Crippen molar-refractivity contribution in [3.63, 3.8) is 0 Å². The molecule has 0 aromatic heterocycles. The molecule has 0 bridgehead atoms. The average Bonchev–Trinajstić information content (AvgIpc) is 1.85. The fourth-order valence-electron chi connectivity index (χ4n) is 0.985. The fourth-order valence-corrected chi connectivity index (χ4v) is 1.75. The SMILES string of the molecule is NS(=O)(=O)CN1CCOCC1. The van der Waals surface area contributed by atoms with Gasteiger partial charge in [0.2, 0.25) is 10.0 Å². The van der Waals surface area contributed by atoms with Crippen LogP contribution in [0.2, 0.25) is 0 Å². The van der Waals surface area contributed by atoms with Crippen LogP contribution in [0.25, 0.3) is 0 Å². The molecular formula is C5H12N2O3S. The van der Waals surface area contributed by atoms with Crippen LogP contribution in [0.5, 0.6) is 0 Å². The van der Waals surface area contributed by atoms with Gasteiger partial charge in [-0.25, -0.2) is 13.6 Å². The van der Waals surface area contributed by atoms with Crippen LogP contribution in [-0.4, -0.2) is 45.5 Å². The molecule has 6 heteroatoms. The number of nitrogens with zero attached hydrogens (tertiary/aromatic N) is 1. The van der Waals surface area contributed by atoms with E-state index in [4.69, 9.17) is 9.88 Å². The molecular weight excluding hydrogens is 168 g/mol. The van der Waals surface area contributed by atoms with Gasteiger partial charge in [-0.2, -0.15) is 0 Å². The van der Waals surface area contributed by atoms with Gasteiger partial charge in [0.25, 0.3) is 0 Å². The molecule has 0 aromatic carbocycles. The summed E-state index contributed by atoms with van der Waals surface area (Å²) in [5, 5.41) is 4.86. The number of hydrogen-bond acceptors (Lipinski definition) is 4. The van der Waals surface area contributed by atoms with E-state index in [1.807, 2.05) is 0 Å². The standard InChI is InChI=1S/C5H12N2O3S/c6-11(8,9)5-7-1-3-10-4-2-7/h1-5H2,(H2,6,8,9). The Kier molecular flexibility index (Phi) is 2.83. The molecule has 1 rings (SSSR count). The van der Waals surface area contributed by atoms with Crippen molar-refractivity contribution in [1.29, 1.82) is 0 Å². The van der Waals surface area contributed by atoms with Crippen LogP contribution >= 0.6 is 0 Å². The van der Waals surface area contributed by atoms with Gasteiger partial charge in [0.05, 0.1) is 13.2 Å². The first-order valence-corrected chi connectivity index (χ1v) is 5.10. The van der Waals surface area contributed by atoms with Crippen molar-refractivity contribution in [3.05, 3.63) is 0 Å². The third-order valence-corrected chi connectivity index (χ3v) is 2.19. The van der Waals surface area contributed by atoms with Crippen molar-refractivity contribution in [2.24, 2.45) is 5.14 Å². The van der Waals surface area contributed by atoms with Gasteiger partial charge in [-0.3, -0.25) is 4.90 Å². The number of hydrogen-bond donors (Lipinski definition) is 1. The lowest BCUT2D eigenvalue weighted by molar-refractivity contribution is 0.0465. The van der Waals surface area contributed by atoms with Gasteiger partial charge in [-0.1, -0.05) is 0 Å². The number of ether oxygens (including phenoxy) is 1. The summed E-state index contributed by atoms with van der Waals surface area (Å²) < 4.78 is 26.2. The van der Waals surface area contributed by atoms with Gasteiger partial charge in [-0.15, -0.1) is 0 Å². The predicted molar refractivity (Wildman–Crippen MR) is 40.4 cm³/mol. The Balaban J connectivity index is 2.36. The van der Waals surface area contributed by atoms with Crippen molar-refractivity contribution >= 4 is 10.0 Å².